The summed E-state index contributed by atoms with van der Waals surface area (Å²) < 4.78 is 38.6. The number of alkyl halides is 3. The van der Waals surface area contributed by atoms with Crippen LogP contribution in [0, 0.1) is 6.92 Å². The quantitative estimate of drug-likeness (QED) is 0.674. The third-order valence-corrected chi connectivity index (χ3v) is 5.78. The average Bonchev–Trinajstić information content (AvgIpc) is 2.40. The molecule has 0 fully saturated rings. The second-order valence-corrected chi connectivity index (χ2v) is 7.31. The molecule has 0 aliphatic carbocycles. The standard InChI is InChI=1S/C15H15AsF3N/c1-10-8-13(6-7-14(10)20)16-9-11-2-4-12(5-3-11)15(17,18)19/h2-8,16H,9,20H2,1H3. The van der Waals surface area contributed by atoms with E-state index in [-0.39, 0.29) is 0 Å². The molecule has 0 heterocycles. The van der Waals surface area contributed by atoms with Gasteiger partial charge in [0.1, 0.15) is 0 Å². The fraction of sp³-hybridized carbons (Fsp3) is 0.200. The van der Waals surface area contributed by atoms with Crippen LogP contribution >= 0.6 is 0 Å². The van der Waals surface area contributed by atoms with Crippen LogP contribution < -0.4 is 10.1 Å². The number of hydrogen-bond acceptors (Lipinski definition) is 1. The van der Waals surface area contributed by atoms with Gasteiger partial charge in [-0.1, -0.05) is 0 Å². The van der Waals surface area contributed by atoms with Gasteiger partial charge in [-0.25, -0.2) is 0 Å². The van der Waals surface area contributed by atoms with E-state index in [0.717, 1.165) is 34.2 Å². The molecule has 2 aromatic rings. The molecule has 2 N–H and O–H groups in total. The van der Waals surface area contributed by atoms with E-state index in [0.29, 0.717) is 0 Å². The van der Waals surface area contributed by atoms with Crippen molar-refractivity contribution >= 4 is 25.8 Å². The molecule has 2 rings (SSSR count). The van der Waals surface area contributed by atoms with E-state index in [1.807, 2.05) is 19.1 Å². The van der Waals surface area contributed by atoms with Gasteiger partial charge in [0, 0.05) is 0 Å². The summed E-state index contributed by atoms with van der Waals surface area (Å²) in [5.74, 6) is 0. The molecule has 0 spiro atoms. The molecule has 1 atom stereocenters. The summed E-state index contributed by atoms with van der Waals surface area (Å²) in [6, 6.07) is 11.4. The van der Waals surface area contributed by atoms with Gasteiger partial charge in [-0.05, 0) is 0 Å². The Bertz CT molecular complexity index is 591. The number of nitrogen functional groups attached to an aromatic ring is 1. The van der Waals surface area contributed by atoms with E-state index in [1.165, 1.54) is 4.35 Å². The number of nitrogens with two attached hydrogens (primary N) is 1. The summed E-state index contributed by atoms with van der Waals surface area (Å²) in [5, 5.41) is 0.835. The Kier molecular flexibility index (Phi) is 4.44. The summed E-state index contributed by atoms with van der Waals surface area (Å²) in [5.41, 5.74) is 7.95. The molecular formula is C15H15AsF3N. The van der Waals surface area contributed by atoms with Crippen molar-refractivity contribution in [3.63, 3.8) is 0 Å². The molecule has 20 heavy (non-hydrogen) atoms. The predicted molar refractivity (Wildman–Crippen MR) is 77.5 cm³/mol. The first-order valence-corrected chi connectivity index (χ1v) is 8.65. The summed E-state index contributed by atoms with van der Waals surface area (Å²) in [6.07, 6.45) is -4.26. The number of halogens is 3. The van der Waals surface area contributed by atoms with Gasteiger partial charge >= 0.3 is 122 Å². The number of hydrogen-bond donors (Lipinski definition) is 1. The molecule has 0 aliphatic rings. The average molecular weight is 341 g/mol. The van der Waals surface area contributed by atoms with Gasteiger partial charge in [-0.2, -0.15) is 0 Å². The molecule has 0 saturated heterocycles. The van der Waals surface area contributed by atoms with Crippen LogP contribution in [0.1, 0.15) is 16.7 Å². The van der Waals surface area contributed by atoms with Gasteiger partial charge in [0.15, 0.2) is 0 Å². The minimum absolute atomic E-state index is 0.399. The first-order chi connectivity index (χ1) is 9.36. The van der Waals surface area contributed by atoms with Gasteiger partial charge in [0.05, 0.1) is 0 Å². The van der Waals surface area contributed by atoms with E-state index >= 15 is 0 Å². The van der Waals surface area contributed by atoms with E-state index in [4.69, 9.17) is 5.73 Å². The second-order valence-electron chi connectivity index (χ2n) is 4.62. The zero-order valence-electron chi connectivity index (χ0n) is 11.0. The van der Waals surface area contributed by atoms with E-state index in [1.54, 1.807) is 12.1 Å². The Labute approximate surface area is 122 Å². The molecule has 0 radical (unpaired) electrons. The van der Waals surface area contributed by atoms with E-state index in [9.17, 15) is 13.2 Å². The van der Waals surface area contributed by atoms with Crippen molar-refractivity contribution in [1.82, 2.24) is 0 Å². The Morgan fingerprint density at radius 3 is 2.25 bits per heavy atom. The Hall–Kier alpha value is -1.41. The maximum absolute atomic E-state index is 12.4. The third-order valence-electron chi connectivity index (χ3n) is 3.05. The van der Waals surface area contributed by atoms with Gasteiger partial charge in [0.25, 0.3) is 0 Å². The second kappa shape index (κ2) is 5.92. The van der Waals surface area contributed by atoms with Gasteiger partial charge in [0.2, 0.25) is 0 Å². The van der Waals surface area contributed by atoms with E-state index < -0.39 is 27.5 Å². The zero-order chi connectivity index (χ0) is 14.8. The normalized spacial score (nSPS) is 12.2. The molecule has 0 bridgehead atoms. The number of benzene rings is 2. The van der Waals surface area contributed by atoms with Crippen LogP contribution in [0.15, 0.2) is 42.5 Å². The Balaban J connectivity index is 2.02. The Morgan fingerprint density at radius 2 is 1.70 bits per heavy atom. The first kappa shape index (κ1) is 15.0. The van der Waals surface area contributed by atoms with Crippen molar-refractivity contribution in [3.8, 4) is 0 Å². The summed E-state index contributed by atoms with van der Waals surface area (Å²) >= 11 is -0.399. The fourth-order valence-corrected chi connectivity index (χ4v) is 4.24. The van der Waals surface area contributed by atoms with Gasteiger partial charge in [-0.3, -0.25) is 0 Å². The van der Waals surface area contributed by atoms with Crippen LogP contribution in [0.25, 0.3) is 0 Å². The Morgan fingerprint density at radius 1 is 1.05 bits per heavy atom. The first-order valence-electron chi connectivity index (χ1n) is 6.12. The summed E-state index contributed by atoms with van der Waals surface area (Å²) in [6.45, 7) is 1.96. The molecule has 5 heteroatoms. The van der Waals surface area contributed by atoms with Crippen LogP contribution in [-0.2, 0) is 11.4 Å². The minimum atomic E-state index is -4.26. The van der Waals surface area contributed by atoms with Crippen molar-refractivity contribution in [2.75, 3.05) is 5.73 Å². The van der Waals surface area contributed by atoms with Crippen LogP contribution in [0.4, 0.5) is 18.9 Å². The van der Waals surface area contributed by atoms with Crippen LogP contribution in [0.2, 0.25) is 0 Å². The molecular weight excluding hydrogens is 326 g/mol. The van der Waals surface area contributed by atoms with Crippen LogP contribution in [0.3, 0.4) is 0 Å². The molecule has 106 valence electrons. The molecule has 0 saturated carbocycles. The van der Waals surface area contributed by atoms with Crippen LogP contribution in [-0.4, -0.2) is 15.8 Å². The van der Waals surface area contributed by atoms with Gasteiger partial charge in [-0.15, -0.1) is 0 Å². The monoisotopic (exact) mass is 341 g/mol. The van der Waals surface area contributed by atoms with Crippen LogP contribution in [0.5, 0.6) is 0 Å². The molecule has 0 amide bonds. The summed E-state index contributed by atoms with van der Waals surface area (Å²) in [7, 11) is 0. The number of aryl methyl sites for hydroxylation is 1. The van der Waals surface area contributed by atoms with E-state index in [2.05, 4.69) is 6.07 Å². The van der Waals surface area contributed by atoms with Gasteiger partial charge < -0.3 is 0 Å². The van der Waals surface area contributed by atoms with Crippen molar-refractivity contribution in [2.45, 2.75) is 18.3 Å². The van der Waals surface area contributed by atoms with Crippen molar-refractivity contribution in [1.29, 1.82) is 0 Å². The SMILES string of the molecule is Cc1cc([AsH]Cc2ccc(C(F)(F)F)cc2)ccc1N. The van der Waals surface area contributed by atoms with Crippen molar-refractivity contribution < 1.29 is 13.2 Å². The zero-order valence-corrected chi connectivity index (χ0v) is 13.1. The molecule has 2 aromatic carbocycles. The fourth-order valence-electron chi connectivity index (χ4n) is 1.80. The number of anilines is 1. The molecule has 0 aromatic heterocycles. The molecule has 1 nitrogen and oxygen atoms in total. The predicted octanol–water partition coefficient (Wildman–Crippen LogP) is 2.86. The number of rotatable bonds is 3. The summed E-state index contributed by atoms with van der Waals surface area (Å²) in [4.78, 5) is 0. The maximum atomic E-state index is 12.4. The molecule has 1 unspecified atom stereocenters. The molecule has 0 aliphatic heterocycles. The van der Waals surface area contributed by atoms with Crippen molar-refractivity contribution in [2.24, 2.45) is 0 Å². The topological polar surface area (TPSA) is 26.0 Å². The van der Waals surface area contributed by atoms with Crippen molar-refractivity contribution in [3.05, 3.63) is 59.2 Å². The third kappa shape index (κ3) is 3.80.